The first-order chi connectivity index (χ1) is 13.4. The van der Waals surface area contributed by atoms with Crippen LogP contribution < -0.4 is 28.4 Å². The Hall–Kier alpha value is -2.80. The van der Waals surface area contributed by atoms with E-state index in [9.17, 15) is 5.11 Å². The maximum atomic E-state index is 11.0. The second-order valence-corrected chi connectivity index (χ2v) is 7.09. The van der Waals surface area contributed by atoms with Gasteiger partial charge in [0.05, 0.1) is 21.3 Å². The van der Waals surface area contributed by atoms with Gasteiger partial charge in [0, 0.05) is 36.0 Å². The number of fused-ring (bicyclic) bond motifs is 2. The highest BCUT2D eigenvalue weighted by Crippen LogP contribution is 2.54. The minimum atomic E-state index is -1.39. The van der Waals surface area contributed by atoms with E-state index in [-0.39, 0.29) is 18.6 Å². The molecule has 0 aromatic heterocycles. The Bertz CT molecular complexity index is 906. The van der Waals surface area contributed by atoms with Gasteiger partial charge in [0.25, 0.3) is 0 Å². The first-order valence-corrected chi connectivity index (χ1v) is 9.05. The molecule has 3 unspecified atom stereocenters. The molecule has 28 heavy (non-hydrogen) atoms. The average Bonchev–Trinajstić information content (AvgIpc) is 3.13. The van der Waals surface area contributed by atoms with Crippen molar-refractivity contribution < 1.29 is 33.5 Å². The predicted octanol–water partition coefficient (Wildman–Crippen LogP) is 3.31. The molecular formula is C21H24O7. The maximum Gasteiger partial charge on any atom is 0.231 e. The number of benzene rings is 2. The first kappa shape index (κ1) is 18.6. The van der Waals surface area contributed by atoms with Crippen molar-refractivity contribution in [2.24, 2.45) is 5.92 Å². The van der Waals surface area contributed by atoms with Gasteiger partial charge >= 0.3 is 0 Å². The monoisotopic (exact) mass is 388 g/mol. The number of ether oxygens (including phenoxy) is 6. The number of aliphatic hydroxyl groups is 1. The molecule has 2 aliphatic rings. The minimum Gasteiger partial charge on any atom is -0.493 e. The summed E-state index contributed by atoms with van der Waals surface area (Å²) in [5.41, 5.74) is 1.74. The van der Waals surface area contributed by atoms with E-state index in [1.165, 1.54) is 0 Å². The molecule has 0 amide bonds. The van der Waals surface area contributed by atoms with Gasteiger partial charge in [-0.15, -0.1) is 0 Å². The van der Waals surface area contributed by atoms with Gasteiger partial charge in [-0.1, -0.05) is 13.0 Å². The van der Waals surface area contributed by atoms with Crippen LogP contribution in [0.3, 0.4) is 0 Å². The molecule has 2 aromatic rings. The van der Waals surface area contributed by atoms with Crippen LogP contribution in [0.15, 0.2) is 24.3 Å². The molecule has 0 spiro atoms. The third-order valence-corrected chi connectivity index (χ3v) is 5.57. The summed E-state index contributed by atoms with van der Waals surface area (Å²) in [6.07, 6.45) is 0. The molecule has 2 aliphatic heterocycles. The van der Waals surface area contributed by atoms with Gasteiger partial charge in [-0.05, 0) is 12.1 Å². The van der Waals surface area contributed by atoms with Crippen LogP contribution in [0.25, 0.3) is 0 Å². The summed E-state index contributed by atoms with van der Waals surface area (Å²) in [7, 11) is 4.73. The normalized spacial score (nSPS) is 24.9. The largest absolute Gasteiger partial charge is 0.493 e. The van der Waals surface area contributed by atoms with Gasteiger partial charge in [0.15, 0.2) is 23.0 Å². The topological polar surface area (TPSA) is 75.6 Å². The van der Waals surface area contributed by atoms with Crippen LogP contribution in [0, 0.1) is 5.92 Å². The van der Waals surface area contributed by atoms with Crippen molar-refractivity contribution in [3.05, 3.63) is 35.4 Å². The van der Waals surface area contributed by atoms with Crippen LogP contribution in [0.2, 0.25) is 0 Å². The molecule has 0 radical (unpaired) electrons. The molecular weight excluding hydrogens is 364 g/mol. The van der Waals surface area contributed by atoms with E-state index in [0.717, 1.165) is 11.1 Å². The summed E-state index contributed by atoms with van der Waals surface area (Å²) in [5.74, 6) is 1.53. The fourth-order valence-corrected chi connectivity index (χ4v) is 3.97. The van der Waals surface area contributed by atoms with Gasteiger partial charge in [-0.3, -0.25) is 0 Å². The Morgan fingerprint density at radius 1 is 0.929 bits per heavy atom. The van der Waals surface area contributed by atoms with Gasteiger partial charge in [-0.25, -0.2) is 0 Å². The molecule has 0 saturated carbocycles. The van der Waals surface area contributed by atoms with E-state index in [2.05, 4.69) is 0 Å². The molecule has 3 atom stereocenters. The van der Waals surface area contributed by atoms with Crippen molar-refractivity contribution in [2.45, 2.75) is 25.6 Å². The zero-order chi connectivity index (χ0) is 20.1. The molecule has 2 aromatic carbocycles. The highest BCUT2D eigenvalue weighted by Gasteiger charge is 2.46. The van der Waals surface area contributed by atoms with E-state index in [0.29, 0.717) is 34.5 Å². The van der Waals surface area contributed by atoms with E-state index in [1.54, 1.807) is 34.3 Å². The fraction of sp³-hybridized carbons (Fsp3) is 0.429. The SMILES string of the molecule is COc1ccc(C2c3cc4c(cc3OC(C)(O)C2C)OCO4)c(OC)c1OC. The quantitative estimate of drug-likeness (QED) is 0.861. The Kier molecular flexibility index (Phi) is 4.42. The molecule has 0 fully saturated rings. The van der Waals surface area contributed by atoms with Gasteiger partial charge in [0.1, 0.15) is 5.75 Å². The van der Waals surface area contributed by atoms with E-state index in [4.69, 9.17) is 28.4 Å². The molecule has 150 valence electrons. The van der Waals surface area contributed by atoms with E-state index < -0.39 is 5.79 Å². The summed E-state index contributed by atoms with van der Waals surface area (Å²) in [6.45, 7) is 3.76. The number of hydrogen-bond donors (Lipinski definition) is 1. The standard InChI is InChI=1S/C21H24O7/c1-11-18(12-6-7-14(23-3)20(25-5)19(12)24-4)13-8-16-17(27-10-26-16)9-15(13)28-21(11,2)22/h6-9,11,18,22H,10H2,1-5H3. The van der Waals surface area contributed by atoms with Gasteiger partial charge in [0.2, 0.25) is 18.3 Å². The highest BCUT2D eigenvalue weighted by atomic mass is 16.7. The van der Waals surface area contributed by atoms with Gasteiger partial charge < -0.3 is 33.5 Å². The Labute approximate surface area is 163 Å². The van der Waals surface area contributed by atoms with Crippen molar-refractivity contribution in [3.8, 4) is 34.5 Å². The van der Waals surface area contributed by atoms with Crippen LogP contribution in [-0.2, 0) is 0 Å². The summed E-state index contributed by atoms with van der Waals surface area (Å²) < 4.78 is 33.6. The van der Waals surface area contributed by atoms with Crippen LogP contribution >= 0.6 is 0 Å². The van der Waals surface area contributed by atoms with Crippen LogP contribution in [0.5, 0.6) is 34.5 Å². The lowest BCUT2D eigenvalue weighted by atomic mass is 9.75. The van der Waals surface area contributed by atoms with Crippen LogP contribution in [-0.4, -0.2) is 39.0 Å². The van der Waals surface area contributed by atoms with Crippen molar-refractivity contribution in [3.63, 3.8) is 0 Å². The Balaban J connectivity index is 1.95. The lowest BCUT2D eigenvalue weighted by Crippen LogP contribution is -2.45. The van der Waals surface area contributed by atoms with Crippen molar-refractivity contribution in [1.29, 1.82) is 0 Å². The van der Waals surface area contributed by atoms with E-state index >= 15 is 0 Å². The molecule has 7 nitrogen and oxygen atoms in total. The molecule has 4 rings (SSSR count). The number of rotatable bonds is 4. The fourth-order valence-electron chi connectivity index (χ4n) is 3.97. The summed E-state index contributed by atoms with van der Waals surface area (Å²) >= 11 is 0. The summed E-state index contributed by atoms with van der Waals surface area (Å²) in [4.78, 5) is 0. The smallest absolute Gasteiger partial charge is 0.231 e. The zero-order valence-corrected chi connectivity index (χ0v) is 16.6. The molecule has 1 N–H and O–H groups in total. The van der Waals surface area contributed by atoms with Gasteiger partial charge in [-0.2, -0.15) is 0 Å². The van der Waals surface area contributed by atoms with Crippen LogP contribution in [0.1, 0.15) is 30.9 Å². The second-order valence-electron chi connectivity index (χ2n) is 7.09. The van der Waals surface area contributed by atoms with Crippen molar-refractivity contribution >= 4 is 0 Å². The third-order valence-electron chi connectivity index (χ3n) is 5.57. The minimum absolute atomic E-state index is 0.161. The third kappa shape index (κ3) is 2.69. The lowest BCUT2D eigenvalue weighted by molar-refractivity contribution is -0.171. The maximum absolute atomic E-state index is 11.0. The first-order valence-electron chi connectivity index (χ1n) is 9.05. The van der Waals surface area contributed by atoms with Crippen LogP contribution in [0.4, 0.5) is 0 Å². The average molecular weight is 388 g/mol. The molecule has 2 heterocycles. The molecule has 0 bridgehead atoms. The summed E-state index contributed by atoms with van der Waals surface area (Å²) in [5, 5.41) is 11.0. The Morgan fingerprint density at radius 3 is 2.25 bits per heavy atom. The Morgan fingerprint density at radius 2 is 1.61 bits per heavy atom. The predicted molar refractivity (Wildman–Crippen MR) is 101 cm³/mol. The van der Waals surface area contributed by atoms with Crippen molar-refractivity contribution in [1.82, 2.24) is 0 Å². The second kappa shape index (κ2) is 6.67. The highest BCUT2D eigenvalue weighted by molar-refractivity contribution is 5.62. The summed E-state index contributed by atoms with van der Waals surface area (Å²) in [6, 6.07) is 7.43. The van der Waals surface area contributed by atoms with E-state index in [1.807, 2.05) is 25.1 Å². The number of hydrogen-bond acceptors (Lipinski definition) is 7. The lowest BCUT2D eigenvalue weighted by Gasteiger charge is -2.42. The van der Waals surface area contributed by atoms with Crippen molar-refractivity contribution in [2.75, 3.05) is 28.1 Å². The molecule has 0 aliphatic carbocycles. The number of methoxy groups -OCH3 is 3. The molecule has 7 heteroatoms. The molecule has 0 saturated heterocycles. The zero-order valence-electron chi connectivity index (χ0n) is 16.6.